The number of rotatable bonds is 4. The van der Waals surface area contributed by atoms with Crippen molar-refractivity contribution < 1.29 is 0 Å². The number of likely N-dealkylation sites (N-methyl/N-ethyl adjacent to an activating group) is 1. The maximum absolute atomic E-state index is 4.40. The van der Waals surface area contributed by atoms with E-state index in [0.29, 0.717) is 12.1 Å². The van der Waals surface area contributed by atoms with Crippen LogP contribution in [0.15, 0.2) is 23.8 Å². The van der Waals surface area contributed by atoms with Gasteiger partial charge in [-0.25, -0.2) is 4.98 Å². The molecule has 2 N–H and O–H groups in total. The summed E-state index contributed by atoms with van der Waals surface area (Å²) in [5.74, 6) is 0. The lowest BCUT2D eigenvalue weighted by Crippen LogP contribution is -2.44. The average molecular weight is 276 g/mol. The minimum absolute atomic E-state index is 0.474. The molecule has 0 spiro atoms. The minimum atomic E-state index is 0.474. The molecule has 2 atom stereocenters. The molecule has 5 heteroatoms. The number of imidazole rings is 1. The van der Waals surface area contributed by atoms with Gasteiger partial charge >= 0.3 is 0 Å². The van der Waals surface area contributed by atoms with Gasteiger partial charge in [-0.05, 0) is 25.4 Å². The van der Waals surface area contributed by atoms with Crippen LogP contribution in [0.5, 0.6) is 0 Å². The summed E-state index contributed by atoms with van der Waals surface area (Å²) in [5, 5.41) is 5.73. The van der Waals surface area contributed by atoms with E-state index in [1.54, 1.807) is 6.33 Å². The summed E-state index contributed by atoms with van der Waals surface area (Å²) in [6.45, 7) is 4.22. The number of thiophene rings is 1. The van der Waals surface area contributed by atoms with Crippen LogP contribution < -0.4 is 5.32 Å². The predicted molar refractivity (Wildman–Crippen MR) is 78.3 cm³/mol. The molecular formula is C14H20N4S. The Bertz CT molecular complexity index is 519. The fourth-order valence-corrected chi connectivity index (χ4v) is 3.46. The van der Waals surface area contributed by atoms with Crippen molar-refractivity contribution in [3.8, 4) is 0 Å². The maximum Gasteiger partial charge on any atom is 0.0925 e. The van der Waals surface area contributed by atoms with Gasteiger partial charge in [0.05, 0.1) is 17.7 Å². The maximum atomic E-state index is 4.40. The lowest BCUT2D eigenvalue weighted by atomic mass is 10.0. The summed E-state index contributed by atoms with van der Waals surface area (Å²) in [7, 11) is 2.20. The average Bonchev–Trinajstić information content (AvgIpc) is 3.08. The Labute approximate surface area is 117 Å². The third kappa shape index (κ3) is 2.73. The molecule has 4 nitrogen and oxygen atoms in total. The van der Waals surface area contributed by atoms with E-state index < -0.39 is 0 Å². The summed E-state index contributed by atoms with van der Waals surface area (Å²) < 4.78 is 0. The normalized spacial score (nSPS) is 20.5. The van der Waals surface area contributed by atoms with E-state index >= 15 is 0 Å². The lowest BCUT2D eigenvalue weighted by molar-refractivity contribution is 0.227. The Morgan fingerprint density at radius 1 is 1.58 bits per heavy atom. The Balaban J connectivity index is 1.60. The third-order valence-corrected chi connectivity index (χ3v) is 4.98. The fourth-order valence-electron chi connectivity index (χ4n) is 2.61. The standard InChI is InChI=1S/C14H20N4S/c1-10(14-4-3-5-19-14)18(2)8-11-6-12-13(7-15-11)17-9-16-12/h3-5,9-11,15H,6-8H2,1-2H3,(H,16,17). The molecule has 1 aliphatic rings. The summed E-state index contributed by atoms with van der Waals surface area (Å²) in [5.41, 5.74) is 2.46. The van der Waals surface area contributed by atoms with E-state index in [9.17, 15) is 0 Å². The molecule has 2 aromatic heterocycles. The molecule has 0 fully saturated rings. The molecule has 0 aromatic carbocycles. The molecule has 102 valence electrons. The highest BCUT2D eigenvalue weighted by atomic mass is 32.1. The van der Waals surface area contributed by atoms with Crippen LogP contribution in [0, 0.1) is 0 Å². The summed E-state index contributed by atoms with van der Waals surface area (Å²) in [6, 6.07) is 5.30. The van der Waals surface area contributed by atoms with E-state index in [4.69, 9.17) is 0 Å². The van der Waals surface area contributed by atoms with Crippen LogP contribution in [-0.4, -0.2) is 34.5 Å². The molecule has 0 saturated heterocycles. The van der Waals surface area contributed by atoms with E-state index in [2.05, 4.69) is 51.7 Å². The Morgan fingerprint density at radius 3 is 3.26 bits per heavy atom. The van der Waals surface area contributed by atoms with Crippen LogP contribution in [-0.2, 0) is 13.0 Å². The number of aromatic nitrogens is 2. The van der Waals surface area contributed by atoms with Crippen molar-refractivity contribution in [1.29, 1.82) is 0 Å². The molecule has 3 rings (SSSR count). The van der Waals surface area contributed by atoms with Gasteiger partial charge in [-0.2, -0.15) is 0 Å². The molecule has 19 heavy (non-hydrogen) atoms. The molecular weight excluding hydrogens is 256 g/mol. The number of fused-ring (bicyclic) bond motifs is 1. The van der Waals surface area contributed by atoms with Crippen molar-refractivity contribution in [1.82, 2.24) is 20.2 Å². The first-order valence-electron chi connectivity index (χ1n) is 6.72. The molecule has 0 radical (unpaired) electrons. The number of nitrogens with one attached hydrogen (secondary N) is 2. The van der Waals surface area contributed by atoms with Crippen molar-refractivity contribution in [2.75, 3.05) is 13.6 Å². The van der Waals surface area contributed by atoms with Crippen LogP contribution in [0.25, 0.3) is 0 Å². The molecule has 2 aromatic rings. The molecule has 3 heterocycles. The van der Waals surface area contributed by atoms with E-state index in [1.807, 2.05) is 11.3 Å². The van der Waals surface area contributed by atoms with Crippen LogP contribution >= 0.6 is 11.3 Å². The first kappa shape index (κ1) is 12.8. The second-order valence-electron chi connectivity index (χ2n) is 5.24. The van der Waals surface area contributed by atoms with Gasteiger partial charge in [-0.3, -0.25) is 4.90 Å². The van der Waals surface area contributed by atoms with Gasteiger partial charge in [0.1, 0.15) is 0 Å². The Kier molecular flexibility index (Phi) is 3.68. The zero-order chi connectivity index (χ0) is 13.2. The van der Waals surface area contributed by atoms with E-state index in [1.165, 1.54) is 16.3 Å². The highest BCUT2D eigenvalue weighted by Crippen LogP contribution is 2.24. The zero-order valence-corrected chi connectivity index (χ0v) is 12.2. The van der Waals surface area contributed by atoms with Crippen LogP contribution in [0.4, 0.5) is 0 Å². The largest absolute Gasteiger partial charge is 0.347 e. The van der Waals surface area contributed by atoms with E-state index in [0.717, 1.165) is 19.5 Å². The molecule has 1 aliphatic heterocycles. The summed E-state index contributed by atoms with van der Waals surface area (Å²) >= 11 is 1.83. The van der Waals surface area contributed by atoms with Gasteiger partial charge in [-0.15, -0.1) is 11.3 Å². The first-order chi connectivity index (χ1) is 9.24. The van der Waals surface area contributed by atoms with Gasteiger partial charge in [0.15, 0.2) is 0 Å². The lowest BCUT2D eigenvalue weighted by Gasteiger charge is -2.31. The minimum Gasteiger partial charge on any atom is -0.347 e. The molecule has 0 bridgehead atoms. The molecule has 0 saturated carbocycles. The monoisotopic (exact) mass is 276 g/mol. The van der Waals surface area contributed by atoms with Gasteiger partial charge < -0.3 is 10.3 Å². The quantitative estimate of drug-likeness (QED) is 0.899. The second-order valence-corrected chi connectivity index (χ2v) is 6.22. The van der Waals surface area contributed by atoms with Crippen molar-refractivity contribution in [3.63, 3.8) is 0 Å². The number of hydrogen-bond donors (Lipinski definition) is 2. The SMILES string of the molecule is CC(c1cccs1)N(C)CC1Cc2nc[nH]c2CN1. The summed E-state index contributed by atoms with van der Waals surface area (Å²) in [4.78, 5) is 11.4. The third-order valence-electron chi connectivity index (χ3n) is 3.94. The first-order valence-corrected chi connectivity index (χ1v) is 7.60. The highest BCUT2D eigenvalue weighted by molar-refractivity contribution is 7.10. The van der Waals surface area contributed by atoms with Crippen LogP contribution in [0.2, 0.25) is 0 Å². The number of aromatic amines is 1. The van der Waals surface area contributed by atoms with Crippen LogP contribution in [0.3, 0.4) is 0 Å². The zero-order valence-electron chi connectivity index (χ0n) is 11.4. The Hall–Kier alpha value is -1.17. The number of hydrogen-bond acceptors (Lipinski definition) is 4. The second kappa shape index (κ2) is 5.45. The van der Waals surface area contributed by atoms with E-state index in [-0.39, 0.29) is 0 Å². The van der Waals surface area contributed by atoms with Crippen molar-refractivity contribution in [2.45, 2.75) is 32.0 Å². The number of nitrogens with zero attached hydrogens (tertiary/aromatic N) is 2. The van der Waals surface area contributed by atoms with Crippen molar-refractivity contribution >= 4 is 11.3 Å². The molecule has 0 amide bonds. The predicted octanol–water partition coefficient (Wildman–Crippen LogP) is 2.18. The molecule has 0 aliphatic carbocycles. The topological polar surface area (TPSA) is 44.0 Å². The number of H-pyrrole nitrogens is 1. The summed E-state index contributed by atoms with van der Waals surface area (Å²) in [6.07, 6.45) is 2.81. The van der Waals surface area contributed by atoms with Gasteiger partial charge in [0.25, 0.3) is 0 Å². The highest BCUT2D eigenvalue weighted by Gasteiger charge is 2.23. The Morgan fingerprint density at radius 2 is 2.47 bits per heavy atom. The van der Waals surface area contributed by atoms with Gasteiger partial charge in [0, 0.05) is 36.5 Å². The molecule has 2 unspecified atom stereocenters. The van der Waals surface area contributed by atoms with Gasteiger partial charge in [0.2, 0.25) is 0 Å². The van der Waals surface area contributed by atoms with Gasteiger partial charge in [-0.1, -0.05) is 6.07 Å². The smallest absolute Gasteiger partial charge is 0.0925 e. The van der Waals surface area contributed by atoms with Crippen molar-refractivity contribution in [3.05, 3.63) is 40.1 Å². The fraction of sp³-hybridized carbons (Fsp3) is 0.500. The van der Waals surface area contributed by atoms with Crippen LogP contribution in [0.1, 0.15) is 29.2 Å². The van der Waals surface area contributed by atoms with Crippen molar-refractivity contribution in [2.24, 2.45) is 0 Å².